The SMILES string of the molecule is COc1nc(OC)nc(N(CCC(N)=NO)CC(C)C)n1. The van der Waals surface area contributed by atoms with Crippen molar-refractivity contribution in [3.8, 4) is 12.0 Å². The van der Waals surface area contributed by atoms with E-state index < -0.39 is 0 Å². The number of hydrogen-bond acceptors (Lipinski definition) is 8. The molecule has 0 unspecified atom stereocenters. The van der Waals surface area contributed by atoms with E-state index in [1.807, 2.05) is 4.90 Å². The van der Waals surface area contributed by atoms with Gasteiger partial charge in [-0.3, -0.25) is 0 Å². The van der Waals surface area contributed by atoms with E-state index in [9.17, 15) is 0 Å². The van der Waals surface area contributed by atoms with Crippen molar-refractivity contribution in [2.45, 2.75) is 20.3 Å². The Morgan fingerprint density at radius 3 is 2.24 bits per heavy atom. The van der Waals surface area contributed by atoms with Crippen LogP contribution in [-0.2, 0) is 0 Å². The average molecular weight is 298 g/mol. The third kappa shape index (κ3) is 5.28. The number of methoxy groups -OCH3 is 2. The van der Waals surface area contributed by atoms with Gasteiger partial charge in [0.2, 0.25) is 5.95 Å². The summed E-state index contributed by atoms with van der Waals surface area (Å²) in [6, 6.07) is 0.351. The van der Waals surface area contributed by atoms with Crippen LogP contribution < -0.4 is 20.1 Å². The van der Waals surface area contributed by atoms with Crippen LogP contribution in [0, 0.1) is 5.92 Å². The Labute approximate surface area is 123 Å². The first-order valence-electron chi connectivity index (χ1n) is 6.55. The molecule has 0 saturated carbocycles. The summed E-state index contributed by atoms with van der Waals surface area (Å²) in [5.41, 5.74) is 5.51. The lowest BCUT2D eigenvalue weighted by Crippen LogP contribution is -2.33. The second-order valence-corrected chi connectivity index (χ2v) is 4.79. The molecule has 9 heteroatoms. The van der Waals surface area contributed by atoms with Gasteiger partial charge in [-0.2, -0.15) is 9.97 Å². The first kappa shape index (κ1) is 16.7. The Morgan fingerprint density at radius 1 is 1.24 bits per heavy atom. The Balaban J connectivity index is 3.00. The minimum atomic E-state index is 0.150. The van der Waals surface area contributed by atoms with E-state index >= 15 is 0 Å². The number of ether oxygens (including phenoxy) is 2. The summed E-state index contributed by atoms with van der Waals surface area (Å²) in [6.45, 7) is 5.36. The molecule has 3 N–H and O–H groups in total. The molecule has 0 radical (unpaired) electrons. The summed E-state index contributed by atoms with van der Waals surface area (Å²) in [5.74, 6) is 0.959. The van der Waals surface area contributed by atoms with Gasteiger partial charge in [0.15, 0.2) is 0 Å². The number of nitrogens with zero attached hydrogens (tertiary/aromatic N) is 5. The van der Waals surface area contributed by atoms with Gasteiger partial charge in [-0.05, 0) is 5.92 Å². The van der Waals surface area contributed by atoms with Gasteiger partial charge in [-0.25, -0.2) is 0 Å². The summed E-state index contributed by atoms with van der Waals surface area (Å²) in [7, 11) is 2.95. The van der Waals surface area contributed by atoms with Crippen molar-refractivity contribution in [1.82, 2.24) is 15.0 Å². The monoisotopic (exact) mass is 298 g/mol. The molecule has 9 nitrogen and oxygen atoms in total. The minimum Gasteiger partial charge on any atom is -0.467 e. The van der Waals surface area contributed by atoms with Crippen molar-refractivity contribution in [1.29, 1.82) is 0 Å². The Kier molecular flexibility index (Phi) is 6.44. The first-order valence-corrected chi connectivity index (χ1v) is 6.55. The van der Waals surface area contributed by atoms with Gasteiger partial charge in [0.25, 0.3) is 0 Å². The summed E-state index contributed by atoms with van der Waals surface area (Å²) in [6.07, 6.45) is 0.388. The molecule has 1 rings (SSSR count). The van der Waals surface area contributed by atoms with Crippen LogP contribution in [0.15, 0.2) is 5.16 Å². The van der Waals surface area contributed by atoms with Gasteiger partial charge in [-0.1, -0.05) is 19.0 Å². The van der Waals surface area contributed by atoms with Crippen molar-refractivity contribution in [3.05, 3.63) is 0 Å². The molecular formula is C12H22N6O3. The summed E-state index contributed by atoms with van der Waals surface area (Å²) in [4.78, 5) is 14.3. The van der Waals surface area contributed by atoms with E-state index in [-0.39, 0.29) is 17.9 Å². The number of aromatic nitrogens is 3. The largest absolute Gasteiger partial charge is 0.467 e. The maximum Gasteiger partial charge on any atom is 0.324 e. The lowest BCUT2D eigenvalue weighted by atomic mass is 10.2. The third-order valence-corrected chi connectivity index (χ3v) is 2.58. The van der Waals surface area contributed by atoms with Crippen LogP contribution in [0.3, 0.4) is 0 Å². The second kappa shape index (κ2) is 8.08. The quantitative estimate of drug-likeness (QED) is 0.308. The predicted molar refractivity (Wildman–Crippen MR) is 78.0 cm³/mol. The van der Waals surface area contributed by atoms with Crippen LogP contribution in [-0.4, -0.2) is 53.3 Å². The maximum atomic E-state index is 8.63. The molecule has 0 amide bonds. The molecule has 0 aliphatic heterocycles. The molecule has 0 saturated heterocycles. The van der Waals surface area contributed by atoms with Crippen LogP contribution in [0.25, 0.3) is 0 Å². The highest BCUT2D eigenvalue weighted by Crippen LogP contribution is 2.17. The summed E-state index contributed by atoms with van der Waals surface area (Å²) < 4.78 is 10.1. The molecule has 1 aromatic heterocycles. The van der Waals surface area contributed by atoms with Gasteiger partial charge in [-0.15, -0.1) is 4.98 Å². The van der Waals surface area contributed by atoms with Crippen molar-refractivity contribution in [2.75, 3.05) is 32.2 Å². The van der Waals surface area contributed by atoms with E-state index in [0.717, 1.165) is 0 Å². The molecule has 0 bridgehead atoms. The fourth-order valence-electron chi connectivity index (χ4n) is 1.67. The topological polar surface area (TPSA) is 119 Å². The van der Waals surface area contributed by atoms with E-state index in [0.29, 0.717) is 31.4 Å². The average Bonchev–Trinajstić information content (AvgIpc) is 2.49. The number of anilines is 1. The molecule has 1 aromatic rings. The highest BCUT2D eigenvalue weighted by atomic mass is 16.5. The van der Waals surface area contributed by atoms with E-state index in [4.69, 9.17) is 20.4 Å². The fraction of sp³-hybridized carbons (Fsp3) is 0.667. The number of nitrogens with two attached hydrogens (primary N) is 1. The van der Waals surface area contributed by atoms with Crippen LogP contribution in [0.5, 0.6) is 12.0 Å². The van der Waals surface area contributed by atoms with Gasteiger partial charge in [0.05, 0.1) is 14.2 Å². The molecule has 1 heterocycles. The zero-order valence-electron chi connectivity index (χ0n) is 12.8. The van der Waals surface area contributed by atoms with Crippen molar-refractivity contribution >= 4 is 11.8 Å². The Hall–Kier alpha value is -2.32. The molecule has 0 aromatic carbocycles. The fourth-order valence-corrected chi connectivity index (χ4v) is 1.67. The lowest BCUT2D eigenvalue weighted by molar-refractivity contribution is 0.316. The summed E-state index contributed by atoms with van der Waals surface area (Å²) in [5, 5.41) is 11.6. The highest BCUT2D eigenvalue weighted by molar-refractivity contribution is 5.80. The second-order valence-electron chi connectivity index (χ2n) is 4.79. The van der Waals surface area contributed by atoms with Crippen LogP contribution >= 0.6 is 0 Å². The minimum absolute atomic E-state index is 0.150. The molecule has 21 heavy (non-hydrogen) atoms. The zero-order chi connectivity index (χ0) is 15.8. The smallest absolute Gasteiger partial charge is 0.324 e. The Bertz CT molecular complexity index is 458. The molecule has 0 aliphatic rings. The van der Waals surface area contributed by atoms with E-state index in [2.05, 4.69) is 34.0 Å². The standard InChI is InChI=1S/C12H22N6O3/c1-8(2)7-18(6-5-9(13)17-19)10-14-11(20-3)16-12(15-10)21-4/h8,19H,5-7H2,1-4H3,(H2,13,17). The normalized spacial score (nSPS) is 11.6. The van der Waals surface area contributed by atoms with Gasteiger partial charge >= 0.3 is 12.0 Å². The number of rotatable bonds is 8. The highest BCUT2D eigenvalue weighted by Gasteiger charge is 2.16. The van der Waals surface area contributed by atoms with Crippen LogP contribution in [0.1, 0.15) is 20.3 Å². The molecular weight excluding hydrogens is 276 g/mol. The van der Waals surface area contributed by atoms with Crippen molar-refractivity contribution in [2.24, 2.45) is 16.8 Å². The van der Waals surface area contributed by atoms with Crippen LogP contribution in [0.2, 0.25) is 0 Å². The van der Waals surface area contributed by atoms with Crippen LogP contribution in [0.4, 0.5) is 5.95 Å². The molecule has 0 atom stereocenters. The maximum absolute atomic E-state index is 8.63. The molecule has 0 spiro atoms. The Morgan fingerprint density at radius 2 is 1.81 bits per heavy atom. The van der Waals surface area contributed by atoms with E-state index in [1.54, 1.807) is 0 Å². The number of amidine groups is 1. The molecule has 118 valence electrons. The zero-order valence-corrected chi connectivity index (χ0v) is 12.8. The molecule has 0 aliphatic carbocycles. The first-order chi connectivity index (χ1) is 9.99. The third-order valence-electron chi connectivity index (χ3n) is 2.58. The summed E-state index contributed by atoms with van der Waals surface area (Å²) >= 11 is 0. The van der Waals surface area contributed by atoms with Crippen molar-refractivity contribution in [3.63, 3.8) is 0 Å². The lowest BCUT2D eigenvalue weighted by Gasteiger charge is -2.24. The number of oxime groups is 1. The van der Waals surface area contributed by atoms with Gasteiger partial charge < -0.3 is 25.3 Å². The predicted octanol–water partition coefficient (Wildman–Crippen LogP) is 0.488. The number of hydrogen-bond donors (Lipinski definition) is 2. The van der Waals surface area contributed by atoms with Gasteiger partial charge in [0, 0.05) is 19.5 Å². The van der Waals surface area contributed by atoms with E-state index in [1.165, 1.54) is 14.2 Å². The molecule has 0 fully saturated rings. The van der Waals surface area contributed by atoms with Crippen molar-refractivity contribution < 1.29 is 14.7 Å². The van der Waals surface area contributed by atoms with Gasteiger partial charge in [0.1, 0.15) is 5.84 Å².